The predicted octanol–water partition coefficient (Wildman–Crippen LogP) is 2.28. The van der Waals surface area contributed by atoms with Gasteiger partial charge in [0.1, 0.15) is 0 Å². The second-order valence-electron chi connectivity index (χ2n) is 3.82. The van der Waals surface area contributed by atoms with Crippen LogP contribution in [-0.4, -0.2) is 24.3 Å². The molecule has 0 saturated carbocycles. The molecule has 0 radical (unpaired) electrons. The van der Waals surface area contributed by atoms with Crippen molar-refractivity contribution >= 4 is 17.9 Å². The summed E-state index contributed by atoms with van der Waals surface area (Å²) in [5.41, 5.74) is 2.81. The van der Waals surface area contributed by atoms with Gasteiger partial charge < -0.3 is 4.90 Å². The van der Waals surface area contributed by atoms with Crippen molar-refractivity contribution in [3.63, 3.8) is 0 Å². The van der Waals surface area contributed by atoms with Gasteiger partial charge in [0.05, 0.1) is 18.9 Å². The normalized spacial score (nSPS) is 23.5. The standard InChI is InChI=1S/C11H11ClN2/c12-9-2-1-8-5-11(10(8)6-9)14-4-3-13-7-14/h1-2,6-7,11H,3-5H2. The van der Waals surface area contributed by atoms with Crippen molar-refractivity contribution in [3.05, 3.63) is 34.3 Å². The maximum absolute atomic E-state index is 5.97. The molecule has 0 saturated heterocycles. The van der Waals surface area contributed by atoms with E-state index in [4.69, 9.17) is 11.6 Å². The molecule has 1 aliphatic heterocycles. The Morgan fingerprint density at radius 2 is 2.36 bits per heavy atom. The zero-order valence-electron chi connectivity index (χ0n) is 7.78. The van der Waals surface area contributed by atoms with Gasteiger partial charge in [0, 0.05) is 11.6 Å². The van der Waals surface area contributed by atoms with Crippen LogP contribution in [0.5, 0.6) is 0 Å². The van der Waals surface area contributed by atoms with Gasteiger partial charge in [-0.15, -0.1) is 0 Å². The van der Waals surface area contributed by atoms with Crippen molar-refractivity contribution in [1.82, 2.24) is 4.90 Å². The topological polar surface area (TPSA) is 15.6 Å². The molecule has 1 unspecified atom stereocenters. The second-order valence-corrected chi connectivity index (χ2v) is 4.26. The number of aliphatic imine (C=N–C) groups is 1. The third-order valence-electron chi connectivity index (χ3n) is 3.00. The molecule has 1 aliphatic carbocycles. The van der Waals surface area contributed by atoms with Crippen molar-refractivity contribution in [3.8, 4) is 0 Å². The van der Waals surface area contributed by atoms with E-state index in [-0.39, 0.29) is 0 Å². The lowest BCUT2D eigenvalue weighted by Gasteiger charge is -2.36. The third-order valence-corrected chi connectivity index (χ3v) is 3.23. The number of rotatable bonds is 1. The van der Waals surface area contributed by atoms with Gasteiger partial charge >= 0.3 is 0 Å². The van der Waals surface area contributed by atoms with Gasteiger partial charge in [-0.2, -0.15) is 0 Å². The van der Waals surface area contributed by atoms with Crippen LogP contribution in [-0.2, 0) is 6.42 Å². The molecule has 3 rings (SSSR count). The zero-order chi connectivity index (χ0) is 9.54. The van der Waals surface area contributed by atoms with Crippen molar-refractivity contribution in [2.45, 2.75) is 12.5 Å². The SMILES string of the molecule is Clc1ccc2c(c1)C(N1C=NCC1)C2. The third kappa shape index (κ3) is 1.14. The molecule has 14 heavy (non-hydrogen) atoms. The summed E-state index contributed by atoms with van der Waals surface area (Å²) in [6.45, 7) is 1.99. The molecule has 72 valence electrons. The van der Waals surface area contributed by atoms with E-state index in [9.17, 15) is 0 Å². The fourth-order valence-corrected chi connectivity index (χ4v) is 2.36. The number of benzene rings is 1. The molecular weight excluding hydrogens is 196 g/mol. The van der Waals surface area contributed by atoms with Crippen LogP contribution in [0.4, 0.5) is 0 Å². The lowest BCUT2D eigenvalue weighted by molar-refractivity contribution is 0.317. The number of hydrogen-bond acceptors (Lipinski definition) is 2. The first-order valence-electron chi connectivity index (χ1n) is 4.88. The van der Waals surface area contributed by atoms with Gasteiger partial charge in [-0.3, -0.25) is 4.99 Å². The summed E-state index contributed by atoms with van der Waals surface area (Å²) in [5, 5.41) is 0.838. The minimum atomic E-state index is 0.523. The van der Waals surface area contributed by atoms with Crippen LogP contribution in [0.15, 0.2) is 23.2 Å². The molecule has 0 N–H and O–H groups in total. The Kier molecular flexibility index (Phi) is 1.77. The van der Waals surface area contributed by atoms with E-state index >= 15 is 0 Å². The first-order chi connectivity index (χ1) is 6.84. The van der Waals surface area contributed by atoms with Crippen LogP contribution in [0.25, 0.3) is 0 Å². The van der Waals surface area contributed by atoms with Crippen LogP contribution in [0, 0.1) is 0 Å². The first-order valence-corrected chi connectivity index (χ1v) is 5.26. The minimum absolute atomic E-state index is 0.523. The minimum Gasteiger partial charge on any atom is -0.354 e. The van der Waals surface area contributed by atoms with E-state index < -0.39 is 0 Å². The van der Waals surface area contributed by atoms with E-state index in [1.54, 1.807) is 0 Å². The van der Waals surface area contributed by atoms with Gasteiger partial charge in [-0.25, -0.2) is 0 Å². The molecule has 0 spiro atoms. The molecule has 0 aromatic heterocycles. The molecule has 1 atom stereocenters. The molecule has 0 bridgehead atoms. The van der Waals surface area contributed by atoms with E-state index in [1.165, 1.54) is 11.1 Å². The predicted molar refractivity (Wildman–Crippen MR) is 58.0 cm³/mol. The van der Waals surface area contributed by atoms with Crippen LogP contribution >= 0.6 is 11.6 Å². The van der Waals surface area contributed by atoms with Gasteiger partial charge in [0.2, 0.25) is 0 Å². The first kappa shape index (κ1) is 8.30. The Hall–Kier alpha value is -1.02. The second kappa shape index (κ2) is 2.99. The van der Waals surface area contributed by atoms with Crippen LogP contribution in [0.3, 0.4) is 0 Å². The lowest BCUT2D eigenvalue weighted by Crippen LogP contribution is -2.34. The van der Waals surface area contributed by atoms with Crippen LogP contribution < -0.4 is 0 Å². The smallest absolute Gasteiger partial charge is 0.0856 e. The maximum Gasteiger partial charge on any atom is 0.0856 e. The quantitative estimate of drug-likeness (QED) is 0.689. The molecule has 1 heterocycles. The van der Waals surface area contributed by atoms with E-state index in [2.05, 4.69) is 22.0 Å². The summed E-state index contributed by atoms with van der Waals surface area (Å²) < 4.78 is 0. The molecular formula is C11H11ClN2. The summed E-state index contributed by atoms with van der Waals surface area (Å²) in [7, 11) is 0. The fraction of sp³-hybridized carbons (Fsp3) is 0.364. The largest absolute Gasteiger partial charge is 0.354 e. The zero-order valence-corrected chi connectivity index (χ0v) is 8.54. The highest BCUT2D eigenvalue weighted by Gasteiger charge is 2.31. The number of nitrogens with zero attached hydrogens (tertiary/aromatic N) is 2. The van der Waals surface area contributed by atoms with E-state index in [0.29, 0.717) is 6.04 Å². The monoisotopic (exact) mass is 206 g/mol. The summed E-state index contributed by atoms with van der Waals surface area (Å²) >= 11 is 5.97. The molecule has 3 heteroatoms. The van der Waals surface area contributed by atoms with Crippen molar-refractivity contribution in [1.29, 1.82) is 0 Å². The molecule has 1 aromatic rings. The average molecular weight is 207 g/mol. The summed E-state index contributed by atoms with van der Waals surface area (Å²) in [6, 6.07) is 6.70. The Balaban J connectivity index is 1.90. The Morgan fingerprint density at radius 1 is 1.43 bits per heavy atom. The highest BCUT2D eigenvalue weighted by Crippen LogP contribution is 2.38. The molecule has 0 amide bonds. The summed E-state index contributed by atoms with van der Waals surface area (Å²) in [5.74, 6) is 0. The van der Waals surface area contributed by atoms with Crippen molar-refractivity contribution in [2.24, 2.45) is 4.99 Å². The number of hydrogen-bond donors (Lipinski definition) is 0. The lowest BCUT2D eigenvalue weighted by atomic mass is 9.82. The molecule has 0 fully saturated rings. The van der Waals surface area contributed by atoms with Crippen molar-refractivity contribution < 1.29 is 0 Å². The van der Waals surface area contributed by atoms with Crippen molar-refractivity contribution in [2.75, 3.05) is 13.1 Å². The van der Waals surface area contributed by atoms with E-state index in [1.807, 2.05) is 12.4 Å². The Morgan fingerprint density at radius 3 is 3.14 bits per heavy atom. The highest BCUT2D eigenvalue weighted by molar-refractivity contribution is 6.30. The Labute approximate surface area is 88.2 Å². The van der Waals surface area contributed by atoms with E-state index in [0.717, 1.165) is 24.5 Å². The van der Waals surface area contributed by atoms with Crippen LogP contribution in [0.2, 0.25) is 5.02 Å². The Bertz CT molecular complexity index is 400. The van der Waals surface area contributed by atoms with Gasteiger partial charge in [-0.1, -0.05) is 17.7 Å². The highest BCUT2D eigenvalue weighted by atomic mass is 35.5. The van der Waals surface area contributed by atoms with Gasteiger partial charge in [0.25, 0.3) is 0 Å². The van der Waals surface area contributed by atoms with Gasteiger partial charge in [0.15, 0.2) is 0 Å². The summed E-state index contributed by atoms with van der Waals surface area (Å²) in [4.78, 5) is 6.54. The molecule has 1 aromatic carbocycles. The fourth-order valence-electron chi connectivity index (χ4n) is 2.17. The number of fused-ring (bicyclic) bond motifs is 1. The molecule has 2 aliphatic rings. The van der Waals surface area contributed by atoms with Crippen LogP contribution in [0.1, 0.15) is 17.2 Å². The summed E-state index contributed by atoms with van der Waals surface area (Å²) in [6.07, 6.45) is 3.10. The number of halogens is 1. The maximum atomic E-state index is 5.97. The molecule has 2 nitrogen and oxygen atoms in total. The van der Waals surface area contributed by atoms with Gasteiger partial charge in [-0.05, 0) is 29.7 Å². The average Bonchev–Trinajstić information content (AvgIpc) is 2.64.